The van der Waals surface area contributed by atoms with Gasteiger partial charge in [0.2, 0.25) is 0 Å². The molecule has 0 atom stereocenters. The fraction of sp³-hybridized carbons (Fsp3) is 0.176. The lowest BCUT2D eigenvalue weighted by molar-refractivity contribution is 0.0685. The molecule has 0 aliphatic rings. The molecule has 0 amide bonds. The van der Waals surface area contributed by atoms with Gasteiger partial charge < -0.3 is 27.5 Å². The van der Waals surface area contributed by atoms with E-state index in [1.54, 1.807) is 23.0 Å². The fourth-order valence-electron chi connectivity index (χ4n) is 2.48. The monoisotopic (exact) mass is 474 g/mol. The number of hydrogen-bond acceptors (Lipinski definition) is 6. The van der Waals surface area contributed by atoms with Crippen LogP contribution in [0.1, 0.15) is 20.7 Å². The summed E-state index contributed by atoms with van der Waals surface area (Å²) in [7, 11) is 4.16. The number of methoxy groups -OCH3 is 3. The summed E-state index contributed by atoms with van der Waals surface area (Å²) in [5, 5.41) is 18.7. The Morgan fingerprint density at radius 2 is 1.19 bits per heavy atom. The Morgan fingerprint density at radius 3 is 1.54 bits per heavy atom. The Bertz CT molecular complexity index is 791. The van der Waals surface area contributed by atoms with E-state index in [9.17, 15) is 19.8 Å². The van der Waals surface area contributed by atoms with Gasteiger partial charge >= 0.3 is 11.9 Å². The minimum atomic E-state index is -1.18. The predicted molar refractivity (Wildman–Crippen MR) is 100 cm³/mol. The zero-order valence-corrected chi connectivity index (χ0v) is 16.2. The molecule has 2 aromatic rings. The Kier molecular flexibility index (Phi) is 6.14. The van der Waals surface area contributed by atoms with Crippen LogP contribution in [0.25, 0.3) is 11.1 Å². The molecule has 0 aliphatic carbocycles. The number of benzene rings is 2. The van der Waals surface area contributed by atoms with Crippen molar-refractivity contribution in [2.75, 3.05) is 21.3 Å². The quantitative estimate of drug-likeness (QED) is 0.587. The topological polar surface area (TPSA) is 112 Å². The van der Waals surface area contributed by atoms with Crippen molar-refractivity contribution in [3.8, 4) is 34.1 Å². The first-order valence-electron chi connectivity index (χ1n) is 7.11. The summed E-state index contributed by atoms with van der Waals surface area (Å²) in [6.07, 6.45) is 0. The molecule has 0 heterocycles. The highest BCUT2D eigenvalue weighted by molar-refractivity contribution is 14.1. The van der Waals surface area contributed by atoms with Crippen LogP contribution < -0.4 is 17.3 Å². The summed E-state index contributed by atoms with van der Waals surface area (Å²) in [6, 6.07) is 5.32. The average molecular weight is 474 g/mol. The molecule has 0 unspecified atom stereocenters. The van der Waals surface area contributed by atoms with E-state index in [4.69, 9.17) is 17.3 Å². The number of hydrogen-bond donors (Lipinski definition) is 2. The molecule has 2 aromatic carbocycles. The van der Waals surface area contributed by atoms with Gasteiger partial charge in [-0.2, -0.15) is 0 Å². The van der Waals surface area contributed by atoms with Gasteiger partial charge in [0.15, 0.2) is 46.0 Å². The van der Waals surface area contributed by atoms with Gasteiger partial charge in [0, 0.05) is 11.1 Å². The number of carboxylic acid groups (broad SMARTS) is 2. The number of carboxylic acids is 2. The average Bonchev–Trinajstić information content (AvgIpc) is 2.65. The van der Waals surface area contributed by atoms with Crippen molar-refractivity contribution in [3.05, 3.63) is 35.4 Å². The third-order valence-corrected chi connectivity index (χ3v) is 4.08. The molecule has 26 heavy (non-hydrogen) atoms. The lowest BCUT2D eigenvalue weighted by Crippen LogP contribution is -2.03. The molecule has 0 fully saturated rings. The normalized spacial score (nSPS) is 10.2. The van der Waals surface area contributed by atoms with Gasteiger partial charge in [-0.1, -0.05) is 0 Å². The minimum absolute atomic E-state index is 0.0580. The predicted octanol–water partition coefficient (Wildman–Crippen LogP) is 3.50. The van der Waals surface area contributed by atoms with Crippen molar-refractivity contribution in [3.63, 3.8) is 0 Å². The Balaban J connectivity index is 2.93. The van der Waals surface area contributed by atoms with Gasteiger partial charge in [-0.05, 0) is 24.3 Å². The molecule has 0 aromatic heterocycles. The number of carbonyl (C=O) groups is 2. The van der Waals surface area contributed by atoms with E-state index in [0.29, 0.717) is 5.56 Å². The van der Waals surface area contributed by atoms with Crippen molar-refractivity contribution in [1.29, 1.82) is 0 Å². The molecule has 0 saturated carbocycles. The first-order valence-corrected chi connectivity index (χ1v) is 7.99. The molecule has 8 nitrogen and oxygen atoms in total. The van der Waals surface area contributed by atoms with Crippen LogP contribution in [-0.4, -0.2) is 43.5 Å². The Hall–Kier alpha value is -2.69. The maximum Gasteiger partial charge on any atom is 0.335 e. The van der Waals surface area contributed by atoms with Crippen LogP contribution in [0.4, 0.5) is 0 Å². The molecule has 0 spiro atoms. The van der Waals surface area contributed by atoms with Crippen LogP contribution in [0, 0.1) is 0 Å². The highest BCUT2D eigenvalue weighted by Gasteiger charge is 2.23. The third kappa shape index (κ3) is 3.62. The molecule has 138 valence electrons. The lowest BCUT2D eigenvalue weighted by atomic mass is 9.97. The van der Waals surface area contributed by atoms with Crippen LogP contribution in [0.5, 0.6) is 23.0 Å². The maximum absolute atomic E-state index is 11.5. The minimum Gasteiger partial charge on any atom is -0.493 e. The molecular weight excluding hydrogens is 459 g/mol. The van der Waals surface area contributed by atoms with Gasteiger partial charge in [-0.25, -0.2) is 9.59 Å². The summed E-state index contributed by atoms with van der Waals surface area (Å²) in [5.41, 5.74) is 0.461. The smallest absolute Gasteiger partial charge is 0.335 e. The molecule has 0 radical (unpaired) electrons. The second-order valence-corrected chi connectivity index (χ2v) is 5.44. The van der Waals surface area contributed by atoms with Crippen LogP contribution in [0.2, 0.25) is 0 Å². The van der Waals surface area contributed by atoms with Crippen molar-refractivity contribution in [2.45, 2.75) is 0 Å². The van der Waals surface area contributed by atoms with Crippen LogP contribution in [-0.2, 0) is 0 Å². The molecular formula is C17H15IO8. The Labute approximate surface area is 162 Å². The number of ether oxygens (including phenoxy) is 3. The van der Waals surface area contributed by atoms with E-state index >= 15 is 0 Å². The van der Waals surface area contributed by atoms with Crippen LogP contribution in [0.15, 0.2) is 24.3 Å². The standard InChI is InChI=1S/C17H15IO8/c1-23-12-6-8(16(19)20)4-10(14(12)24-2)11-5-9(17(21)22)7-13(26-18)15(11)25-3/h4-7H,1-3H3,(H,19,20)(H,21,22). The fourth-order valence-corrected chi connectivity index (χ4v) is 2.81. The second-order valence-electron chi connectivity index (χ2n) is 5.00. The maximum atomic E-state index is 11.5. The lowest BCUT2D eigenvalue weighted by Gasteiger charge is -2.18. The zero-order chi connectivity index (χ0) is 19.4. The van der Waals surface area contributed by atoms with Crippen molar-refractivity contribution in [1.82, 2.24) is 0 Å². The first-order chi connectivity index (χ1) is 12.4. The van der Waals surface area contributed by atoms with Gasteiger partial charge in [0.25, 0.3) is 0 Å². The number of aromatic carboxylic acids is 2. The van der Waals surface area contributed by atoms with E-state index < -0.39 is 11.9 Å². The van der Waals surface area contributed by atoms with Crippen LogP contribution in [0.3, 0.4) is 0 Å². The van der Waals surface area contributed by atoms with E-state index in [1.165, 1.54) is 45.6 Å². The van der Waals surface area contributed by atoms with E-state index in [0.717, 1.165) is 0 Å². The van der Waals surface area contributed by atoms with Crippen molar-refractivity contribution < 1.29 is 37.1 Å². The van der Waals surface area contributed by atoms with E-state index in [1.807, 2.05) is 0 Å². The van der Waals surface area contributed by atoms with Gasteiger partial charge in [0.1, 0.15) is 0 Å². The van der Waals surface area contributed by atoms with Crippen molar-refractivity contribution >= 4 is 34.9 Å². The summed E-state index contributed by atoms with van der Waals surface area (Å²) in [5.74, 6) is -1.54. The SMILES string of the molecule is COc1cc(C(=O)O)cc(-c2cc(C(=O)O)cc(OI)c2OC)c1OC. The summed E-state index contributed by atoms with van der Waals surface area (Å²) in [6.45, 7) is 0. The molecule has 2 rings (SSSR count). The van der Waals surface area contributed by atoms with Gasteiger partial charge in [0.05, 0.1) is 32.5 Å². The van der Waals surface area contributed by atoms with E-state index in [2.05, 4.69) is 0 Å². The highest BCUT2D eigenvalue weighted by Crippen LogP contribution is 2.46. The van der Waals surface area contributed by atoms with E-state index in [-0.39, 0.29) is 39.7 Å². The first kappa shape index (κ1) is 19.6. The zero-order valence-electron chi connectivity index (χ0n) is 14.0. The number of halogens is 1. The Morgan fingerprint density at radius 1 is 0.769 bits per heavy atom. The molecule has 0 aliphatic heterocycles. The highest BCUT2D eigenvalue weighted by atomic mass is 127. The summed E-state index contributed by atoms with van der Waals surface area (Å²) < 4.78 is 21.1. The molecule has 2 N–H and O–H groups in total. The van der Waals surface area contributed by atoms with Crippen molar-refractivity contribution in [2.24, 2.45) is 0 Å². The number of rotatable bonds is 7. The summed E-state index contributed by atoms with van der Waals surface area (Å²) in [4.78, 5) is 22.9. The second kappa shape index (κ2) is 8.13. The molecule has 9 heteroatoms. The summed E-state index contributed by atoms with van der Waals surface area (Å²) >= 11 is 1.60. The van der Waals surface area contributed by atoms with Gasteiger partial charge in [-0.15, -0.1) is 0 Å². The third-order valence-electron chi connectivity index (χ3n) is 3.61. The molecule has 0 bridgehead atoms. The largest absolute Gasteiger partial charge is 0.493 e. The molecule has 0 saturated heterocycles. The van der Waals surface area contributed by atoms with Crippen LogP contribution >= 0.6 is 23.0 Å². The van der Waals surface area contributed by atoms with Gasteiger partial charge in [-0.3, -0.25) is 0 Å².